The van der Waals surface area contributed by atoms with Gasteiger partial charge in [0.2, 0.25) is 0 Å². The number of benzene rings is 1. The van der Waals surface area contributed by atoms with E-state index in [1.54, 1.807) is 0 Å². The largest absolute Gasteiger partial charge is 0.389 e. The molecule has 1 aliphatic rings. The van der Waals surface area contributed by atoms with Crippen molar-refractivity contribution in [2.24, 2.45) is 13.0 Å². The molecule has 1 atom stereocenters. The second kappa shape index (κ2) is 9.04. The van der Waals surface area contributed by atoms with Gasteiger partial charge in [-0.15, -0.1) is 11.3 Å². The number of H-pyrrole nitrogens is 1. The lowest BCUT2D eigenvalue weighted by Crippen LogP contribution is -2.39. The number of aromatic amines is 1. The Labute approximate surface area is 210 Å². The van der Waals surface area contributed by atoms with Gasteiger partial charge in [-0.25, -0.2) is 23.4 Å². The summed E-state index contributed by atoms with van der Waals surface area (Å²) in [5, 5.41) is 10.8. The monoisotopic (exact) mass is 535 g/mol. The predicted octanol–water partition coefficient (Wildman–Crippen LogP) is 1.14. The second-order valence-electron chi connectivity index (χ2n) is 9.35. The van der Waals surface area contributed by atoms with E-state index in [9.17, 15) is 33.1 Å². The number of hydroxylamine groups is 2. The normalized spacial score (nSPS) is 16.1. The number of imidazole rings is 1. The summed E-state index contributed by atoms with van der Waals surface area (Å²) >= 11 is 0.983. The van der Waals surface area contributed by atoms with Crippen LogP contribution in [0.15, 0.2) is 26.5 Å². The van der Waals surface area contributed by atoms with E-state index in [2.05, 4.69) is 4.98 Å². The van der Waals surface area contributed by atoms with Crippen molar-refractivity contribution in [3.63, 3.8) is 0 Å². The summed E-state index contributed by atoms with van der Waals surface area (Å²) < 4.78 is 31.2. The van der Waals surface area contributed by atoms with E-state index in [4.69, 9.17) is 4.84 Å². The number of nitrogens with one attached hydrogen (secondary N) is 1. The number of nitrogens with zero attached hydrogens (tertiary/aromatic N) is 4. The van der Waals surface area contributed by atoms with E-state index < -0.39 is 40.6 Å². The summed E-state index contributed by atoms with van der Waals surface area (Å²) in [7, 11) is 1.31. The maximum Gasteiger partial charge on any atom is 0.331 e. The van der Waals surface area contributed by atoms with Gasteiger partial charge in [-0.3, -0.25) is 28.1 Å². The fourth-order valence-electron chi connectivity index (χ4n) is 4.43. The van der Waals surface area contributed by atoms with Gasteiger partial charge in [-0.2, -0.15) is 0 Å². The van der Waals surface area contributed by atoms with Crippen molar-refractivity contribution in [2.75, 3.05) is 13.2 Å². The molecule has 4 heterocycles. The van der Waals surface area contributed by atoms with E-state index in [1.165, 1.54) is 11.6 Å². The molecule has 1 saturated heterocycles. The van der Waals surface area contributed by atoms with Crippen molar-refractivity contribution in [1.82, 2.24) is 23.7 Å². The van der Waals surface area contributed by atoms with Gasteiger partial charge in [0, 0.05) is 30.6 Å². The minimum absolute atomic E-state index is 0.0225. The molecule has 0 bridgehead atoms. The van der Waals surface area contributed by atoms with Gasteiger partial charge in [0.05, 0.1) is 35.1 Å². The lowest BCUT2D eigenvalue weighted by Gasteiger charge is -2.15. The smallest absolute Gasteiger partial charge is 0.331 e. The number of aliphatic hydroxyl groups excluding tert-OH is 1. The number of carbonyl (C=O) groups excluding carboxylic acids is 1. The van der Waals surface area contributed by atoms with Gasteiger partial charge < -0.3 is 10.1 Å². The van der Waals surface area contributed by atoms with Gasteiger partial charge in [0.1, 0.15) is 17.5 Å². The van der Waals surface area contributed by atoms with E-state index in [1.807, 2.05) is 13.8 Å². The molecule has 14 heteroatoms. The van der Waals surface area contributed by atoms with Crippen LogP contribution in [0.5, 0.6) is 0 Å². The zero-order valence-electron chi connectivity index (χ0n) is 20.1. The van der Waals surface area contributed by atoms with Crippen molar-refractivity contribution in [3.05, 3.63) is 65.5 Å². The van der Waals surface area contributed by atoms with Gasteiger partial charge in [-0.05, 0) is 5.92 Å². The molecular formula is C23H23F2N5O6S. The average molecular weight is 536 g/mol. The first-order valence-corrected chi connectivity index (χ1v) is 12.2. The molecule has 1 aromatic carbocycles. The van der Waals surface area contributed by atoms with E-state index in [0.29, 0.717) is 0 Å². The number of thiophene rings is 1. The topological polar surface area (TPSA) is 132 Å². The third kappa shape index (κ3) is 4.10. The molecule has 0 spiro atoms. The number of halogens is 2. The van der Waals surface area contributed by atoms with Gasteiger partial charge >= 0.3 is 11.4 Å². The number of aromatic nitrogens is 4. The Bertz CT molecular complexity index is 1750. The van der Waals surface area contributed by atoms with Crippen LogP contribution in [0.4, 0.5) is 8.78 Å². The molecule has 2 N–H and O–H groups in total. The molecule has 3 aromatic heterocycles. The number of aliphatic hydroxyl groups is 1. The Morgan fingerprint density at radius 2 is 1.92 bits per heavy atom. The van der Waals surface area contributed by atoms with Crippen LogP contribution in [0.25, 0.3) is 21.3 Å². The minimum Gasteiger partial charge on any atom is -0.389 e. The molecule has 4 aromatic rings. The molecule has 11 nitrogen and oxygen atoms in total. The van der Waals surface area contributed by atoms with E-state index >= 15 is 0 Å². The van der Waals surface area contributed by atoms with E-state index in [0.717, 1.165) is 37.7 Å². The van der Waals surface area contributed by atoms with Crippen LogP contribution in [0.2, 0.25) is 0 Å². The Morgan fingerprint density at radius 1 is 1.22 bits per heavy atom. The van der Waals surface area contributed by atoms with Crippen LogP contribution in [-0.2, 0) is 25.0 Å². The molecule has 1 aliphatic heterocycles. The Balaban J connectivity index is 1.79. The number of fused-ring (bicyclic) bond motifs is 2. The SMILES string of the molecule is CC(C)Cn1c(=O)n(C)c(=O)c2c(C(=O)N3C[C@H](O)CO3)c(Cn3c(=O)[nH]c4cc(F)c(F)cc43)sc21. The second-order valence-corrected chi connectivity index (χ2v) is 10.4. The highest BCUT2D eigenvalue weighted by Gasteiger charge is 2.33. The molecule has 0 radical (unpaired) electrons. The standard InChI is InChI=1S/C23H23F2N5O6S/c1-10(2)6-29-21-18(19(32)27(3)23(29)35)17(20(33)30-7-11(31)9-36-30)16(37-21)8-28-15-5-13(25)12(24)4-14(15)26-22(28)34/h4-5,10-11,31H,6-9H2,1-3H3,(H,26,34)/t11-/m0/s1. The Hall–Kier alpha value is -3.62. The molecule has 1 fully saturated rings. The van der Waals surface area contributed by atoms with Crippen LogP contribution >= 0.6 is 11.3 Å². The molecule has 1 amide bonds. The third-order valence-electron chi connectivity index (χ3n) is 6.15. The molecular weight excluding hydrogens is 512 g/mol. The lowest BCUT2D eigenvalue weighted by molar-refractivity contribution is -0.0778. The first kappa shape index (κ1) is 25.0. The molecule has 5 rings (SSSR count). The van der Waals surface area contributed by atoms with Crippen LogP contribution in [-0.4, -0.2) is 54.0 Å². The van der Waals surface area contributed by atoms with Crippen molar-refractivity contribution >= 4 is 38.5 Å². The number of β-amino-alcohol motifs (C(OH)–C–C–N with tert-alkyl or cyclic N) is 1. The molecule has 37 heavy (non-hydrogen) atoms. The van der Waals surface area contributed by atoms with Crippen LogP contribution in [0.1, 0.15) is 29.1 Å². The highest BCUT2D eigenvalue weighted by Crippen LogP contribution is 2.32. The number of hydrogen-bond acceptors (Lipinski definition) is 7. The minimum atomic E-state index is -1.16. The first-order chi connectivity index (χ1) is 17.5. The zero-order valence-corrected chi connectivity index (χ0v) is 20.9. The van der Waals surface area contributed by atoms with Crippen molar-refractivity contribution in [3.8, 4) is 0 Å². The number of amides is 1. The average Bonchev–Trinajstić information content (AvgIpc) is 3.51. The summed E-state index contributed by atoms with van der Waals surface area (Å²) in [6.45, 7) is 3.50. The lowest BCUT2D eigenvalue weighted by atomic mass is 10.1. The summed E-state index contributed by atoms with van der Waals surface area (Å²) in [5.41, 5.74) is -1.93. The van der Waals surface area contributed by atoms with Gasteiger partial charge in [0.15, 0.2) is 11.6 Å². The summed E-state index contributed by atoms with van der Waals surface area (Å²) in [6, 6.07) is 1.72. The summed E-state index contributed by atoms with van der Waals surface area (Å²) in [5.74, 6) is -3.00. The Morgan fingerprint density at radius 3 is 2.57 bits per heavy atom. The van der Waals surface area contributed by atoms with E-state index in [-0.39, 0.29) is 63.8 Å². The van der Waals surface area contributed by atoms with Crippen molar-refractivity contribution in [2.45, 2.75) is 33.0 Å². The van der Waals surface area contributed by atoms with Crippen LogP contribution < -0.4 is 16.9 Å². The predicted molar refractivity (Wildman–Crippen MR) is 131 cm³/mol. The van der Waals surface area contributed by atoms with Crippen molar-refractivity contribution < 1.29 is 23.5 Å². The zero-order chi connectivity index (χ0) is 26.8. The number of carbonyl (C=O) groups is 1. The maximum absolute atomic E-state index is 14.0. The third-order valence-corrected chi connectivity index (χ3v) is 7.35. The highest BCUT2D eigenvalue weighted by atomic mass is 32.1. The quantitative estimate of drug-likeness (QED) is 0.394. The number of hydrogen-bond donors (Lipinski definition) is 2. The fourth-order valence-corrected chi connectivity index (χ4v) is 5.70. The van der Waals surface area contributed by atoms with Gasteiger partial charge in [-0.1, -0.05) is 13.8 Å². The first-order valence-electron chi connectivity index (χ1n) is 11.4. The summed E-state index contributed by atoms with van der Waals surface area (Å²) in [4.78, 5) is 60.9. The molecule has 0 aliphatic carbocycles. The number of rotatable bonds is 5. The van der Waals surface area contributed by atoms with Gasteiger partial charge in [0.25, 0.3) is 11.5 Å². The van der Waals surface area contributed by atoms with Crippen LogP contribution in [0.3, 0.4) is 0 Å². The highest BCUT2D eigenvalue weighted by molar-refractivity contribution is 7.19. The maximum atomic E-state index is 14.0. The fraction of sp³-hybridized carbons (Fsp3) is 0.391. The molecule has 196 valence electrons. The van der Waals surface area contributed by atoms with Crippen molar-refractivity contribution in [1.29, 1.82) is 0 Å². The van der Waals surface area contributed by atoms with Crippen LogP contribution in [0, 0.1) is 17.6 Å². The summed E-state index contributed by atoms with van der Waals surface area (Å²) in [6.07, 6.45) is -0.923. The molecule has 0 unspecified atom stereocenters. The Kier molecular flexibility index (Phi) is 6.12. The molecule has 0 saturated carbocycles.